The van der Waals surface area contributed by atoms with Gasteiger partial charge < -0.3 is 5.73 Å². The first-order valence-corrected chi connectivity index (χ1v) is 5.43. The number of rotatable bonds is 1. The Hall–Kier alpha value is -0.820. The highest BCUT2D eigenvalue weighted by Gasteiger charge is 2.43. The number of nitrogens with two attached hydrogens (primary N) is 1. The van der Waals surface area contributed by atoms with Gasteiger partial charge in [0.15, 0.2) is 0 Å². The Morgan fingerprint density at radius 1 is 1.14 bits per heavy atom. The van der Waals surface area contributed by atoms with Crippen molar-refractivity contribution in [1.29, 1.82) is 0 Å². The van der Waals surface area contributed by atoms with E-state index in [1.807, 2.05) is 0 Å². The highest BCUT2D eigenvalue weighted by atomic mass is 14.7. The molecular formula is C13H19N. The molecule has 0 amide bonds. The third-order valence-corrected chi connectivity index (χ3v) is 3.77. The van der Waals surface area contributed by atoms with Gasteiger partial charge in [-0.25, -0.2) is 0 Å². The molecule has 0 aliphatic heterocycles. The van der Waals surface area contributed by atoms with Gasteiger partial charge in [-0.15, -0.1) is 0 Å². The SMILES string of the molecule is Cc1cccc(C2C(C)C(N)C2C)c1. The van der Waals surface area contributed by atoms with Gasteiger partial charge in [0.2, 0.25) is 0 Å². The van der Waals surface area contributed by atoms with Crippen LogP contribution in [0.3, 0.4) is 0 Å². The summed E-state index contributed by atoms with van der Waals surface area (Å²) in [6.07, 6.45) is 0. The van der Waals surface area contributed by atoms with Crippen molar-refractivity contribution in [3.8, 4) is 0 Å². The second-order valence-corrected chi connectivity index (χ2v) is 4.74. The normalized spacial score (nSPS) is 36.6. The highest BCUT2D eigenvalue weighted by molar-refractivity contribution is 5.29. The molecule has 1 aliphatic rings. The van der Waals surface area contributed by atoms with E-state index in [1.54, 1.807) is 0 Å². The molecule has 1 aliphatic carbocycles. The number of aryl methyl sites for hydroxylation is 1. The lowest BCUT2D eigenvalue weighted by atomic mass is 9.60. The standard InChI is InChI=1S/C13H19N/c1-8-5-4-6-11(7-8)12-9(2)13(14)10(12)3/h4-7,9-10,12-13H,14H2,1-3H3. The van der Waals surface area contributed by atoms with E-state index in [2.05, 4.69) is 45.0 Å². The molecule has 1 saturated carbocycles. The number of benzene rings is 1. The third kappa shape index (κ3) is 1.36. The van der Waals surface area contributed by atoms with Crippen molar-refractivity contribution < 1.29 is 0 Å². The lowest BCUT2D eigenvalue weighted by Crippen LogP contribution is -2.52. The zero-order valence-corrected chi connectivity index (χ0v) is 9.20. The lowest BCUT2D eigenvalue weighted by molar-refractivity contribution is 0.130. The van der Waals surface area contributed by atoms with Gasteiger partial charge in [0, 0.05) is 6.04 Å². The van der Waals surface area contributed by atoms with E-state index in [0.29, 0.717) is 23.8 Å². The first kappa shape index (κ1) is 9.72. The average molecular weight is 189 g/mol. The summed E-state index contributed by atoms with van der Waals surface area (Å²) in [4.78, 5) is 0. The van der Waals surface area contributed by atoms with E-state index in [-0.39, 0.29) is 0 Å². The van der Waals surface area contributed by atoms with Crippen LogP contribution in [0.15, 0.2) is 24.3 Å². The molecular weight excluding hydrogens is 170 g/mol. The Labute approximate surface area is 86.3 Å². The van der Waals surface area contributed by atoms with Gasteiger partial charge in [-0.05, 0) is 30.2 Å². The molecule has 2 N–H and O–H groups in total. The molecule has 1 fully saturated rings. The van der Waals surface area contributed by atoms with E-state index < -0.39 is 0 Å². The van der Waals surface area contributed by atoms with Gasteiger partial charge in [-0.1, -0.05) is 43.7 Å². The van der Waals surface area contributed by atoms with Crippen molar-refractivity contribution in [2.24, 2.45) is 17.6 Å². The summed E-state index contributed by atoms with van der Waals surface area (Å²) in [5.74, 6) is 1.93. The smallest absolute Gasteiger partial charge is 0.0102 e. The summed E-state index contributed by atoms with van der Waals surface area (Å²) in [6.45, 7) is 6.67. The van der Waals surface area contributed by atoms with E-state index in [4.69, 9.17) is 5.73 Å². The van der Waals surface area contributed by atoms with Gasteiger partial charge in [0.25, 0.3) is 0 Å². The number of hydrogen-bond donors (Lipinski definition) is 1. The van der Waals surface area contributed by atoms with Crippen molar-refractivity contribution in [2.75, 3.05) is 0 Å². The lowest BCUT2D eigenvalue weighted by Gasteiger charge is -2.47. The highest BCUT2D eigenvalue weighted by Crippen LogP contribution is 2.46. The van der Waals surface area contributed by atoms with Crippen LogP contribution in [0, 0.1) is 18.8 Å². The van der Waals surface area contributed by atoms with Crippen LogP contribution in [0.25, 0.3) is 0 Å². The maximum atomic E-state index is 6.03. The maximum absolute atomic E-state index is 6.03. The summed E-state index contributed by atoms with van der Waals surface area (Å²) in [5, 5.41) is 0. The molecule has 1 nitrogen and oxygen atoms in total. The first-order chi connectivity index (χ1) is 6.61. The predicted octanol–water partition coefficient (Wildman–Crippen LogP) is 2.69. The van der Waals surface area contributed by atoms with Crippen molar-refractivity contribution in [1.82, 2.24) is 0 Å². The fourth-order valence-corrected chi connectivity index (χ4v) is 2.78. The monoisotopic (exact) mass is 189 g/mol. The molecule has 2 atom stereocenters. The molecule has 1 aromatic rings. The van der Waals surface area contributed by atoms with Crippen molar-refractivity contribution in [3.63, 3.8) is 0 Å². The Kier molecular flexibility index (Phi) is 2.36. The van der Waals surface area contributed by atoms with Crippen LogP contribution < -0.4 is 5.73 Å². The second-order valence-electron chi connectivity index (χ2n) is 4.74. The summed E-state index contributed by atoms with van der Waals surface area (Å²) in [6, 6.07) is 9.21. The zero-order chi connectivity index (χ0) is 10.3. The van der Waals surface area contributed by atoms with Crippen LogP contribution in [0.1, 0.15) is 30.9 Å². The summed E-state index contributed by atoms with van der Waals surface area (Å²) >= 11 is 0. The van der Waals surface area contributed by atoms with Crippen LogP contribution in [0.5, 0.6) is 0 Å². The third-order valence-electron chi connectivity index (χ3n) is 3.77. The Morgan fingerprint density at radius 2 is 1.79 bits per heavy atom. The fourth-order valence-electron chi connectivity index (χ4n) is 2.78. The van der Waals surface area contributed by atoms with Gasteiger partial charge in [0.1, 0.15) is 0 Å². The van der Waals surface area contributed by atoms with E-state index in [1.165, 1.54) is 11.1 Å². The minimum atomic E-state index is 0.389. The topological polar surface area (TPSA) is 26.0 Å². The minimum Gasteiger partial charge on any atom is -0.327 e. The van der Waals surface area contributed by atoms with Gasteiger partial charge in [0.05, 0.1) is 0 Å². The van der Waals surface area contributed by atoms with Crippen molar-refractivity contribution >= 4 is 0 Å². The van der Waals surface area contributed by atoms with Crippen LogP contribution >= 0.6 is 0 Å². The van der Waals surface area contributed by atoms with Gasteiger partial charge in [-0.3, -0.25) is 0 Å². The molecule has 76 valence electrons. The van der Waals surface area contributed by atoms with Crippen molar-refractivity contribution in [2.45, 2.75) is 32.7 Å². The zero-order valence-electron chi connectivity index (χ0n) is 9.20. The van der Waals surface area contributed by atoms with Gasteiger partial charge in [-0.2, -0.15) is 0 Å². The summed E-state index contributed by atoms with van der Waals surface area (Å²) in [7, 11) is 0. The molecule has 1 heteroatoms. The summed E-state index contributed by atoms with van der Waals surface area (Å²) in [5.41, 5.74) is 8.85. The minimum absolute atomic E-state index is 0.389. The Bertz CT molecular complexity index is 322. The summed E-state index contributed by atoms with van der Waals surface area (Å²) < 4.78 is 0. The van der Waals surface area contributed by atoms with Crippen LogP contribution in [-0.4, -0.2) is 6.04 Å². The Morgan fingerprint density at radius 3 is 2.36 bits per heavy atom. The van der Waals surface area contributed by atoms with Crippen LogP contribution in [0.2, 0.25) is 0 Å². The fraction of sp³-hybridized carbons (Fsp3) is 0.538. The van der Waals surface area contributed by atoms with Crippen molar-refractivity contribution in [3.05, 3.63) is 35.4 Å². The van der Waals surface area contributed by atoms with Crippen LogP contribution in [0.4, 0.5) is 0 Å². The first-order valence-electron chi connectivity index (χ1n) is 5.43. The van der Waals surface area contributed by atoms with E-state index in [0.717, 1.165) is 0 Å². The quantitative estimate of drug-likeness (QED) is 0.722. The molecule has 2 rings (SSSR count). The predicted molar refractivity (Wildman–Crippen MR) is 60.2 cm³/mol. The molecule has 0 aromatic heterocycles. The molecule has 1 aromatic carbocycles. The molecule has 0 radical (unpaired) electrons. The maximum Gasteiger partial charge on any atom is 0.0102 e. The second kappa shape index (κ2) is 3.39. The van der Waals surface area contributed by atoms with E-state index in [9.17, 15) is 0 Å². The van der Waals surface area contributed by atoms with E-state index >= 15 is 0 Å². The molecule has 0 saturated heterocycles. The largest absolute Gasteiger partial charge is 0.327 e. The average Bonchev–Trinajstić information content (AvgIpc) is 2.18. The number of hydrogen-bond acceptors (Lipinski definition) is 1. The molecule has 0 bridgehead atoms. The molecule has 2 unspecified atom stereocenters. The Balaban J connectivity index is 2.24. The molecule has 0 heterocycles. The van der Waals surface area contributed by atoms with Crippen LogP contribution in [-0.2, 0) is 0 Å². The van der Waals surface area contributed by atoms with Gasteiger partial charge >= 0.3 is 0 Å². The molecule has 0 spiro atoms. The molecule has 14 heavy (non-hydrogen) atoms.